The molecule has 126 valence electrons. The fraction of sp³-hybridized carbons (Fsp3) is 0.278. The zero-order valence-corrected chi connectivity index (χ0v) is 14.1. The summed E-state index contributed by atoms with van der Waals surface area (Å²) in [5, 5.41) is 5.41. The van der Waals surface area contributed by atoms with E-state index >= 15 is 0 Å². The highest BCUT2D eigenvalue weighted by Crippen LogP contribution is 2.21. The number of carbonyl (C=O) groups is 2. The van der Waals surface area contributed by atoms with Gasteiger partial charge in [-0.2, -0.15) is 0 Å². The van der Waals surface area contributed by atoms with Crippen molar-refractivity contribution in [1.29, 1.82) is 0 Å². The number of benzene rings is 1. The standard InChI is InChI=1S/C18H22N4O2/c1-18(2,3)22-16(23)11-21-17(24)13-6-4-5-12(7-13)14-8-15(19)10-20-9-14/h4-10H,11,19H2,1-3H3,(H,21,24)(H,22,23). The highest BCUT2D eigenvalue weighted by atomic mass is 16.2. The van der Waals surface area contributed by atoms with E-state index in [4.69, 9.17) is 5.73 Å². The van der Waals surface area contributed by atoms with Gasteiger partial charge in [-0.1, -0.05) is 12.1 Å². The predicted molar refractivity (Wildman–Crippen MR) is 94.3 cm³/mol. The van der Waals surface area contributed by atoms with Crippen LogP contribution >= 0.6 is 0 Å². The minimum Gasteiger partial charge on any atom is -0.397 e. The molecule has 1 aromatic heterocycles. The number of aromatic nitrogens is 1. The molecule has 0 bridgehead atoms. The maximum Gasteiger partial charge on any atom is 0.251 e. The second-order valence-corrected chi connectivity index (χ2v) is 6.57. The maximum absolute atomic E-state index is 12.2. The Bertz CT molecular complexity index is 751. The Hall–Kier alpha value is -2.89. The average molecular weight is 326 g/mol. The predicted octanol–water partition coefficient (Wildman–Crippen LogP) is 1.98. The molecule has 0 unspecified atom stereocenters. The molecular formula is C18H22N4O2. The van der Waals surface area contributed by atoms with Crippen molar-refractivity contribution in [2.24, 2.45) is 0 Å². The van der Waals surface area contributed by atoms with Crippen molar-refractivity contribution in [3.05, 3.63) is 48.3 Å². The van der Waals surface area contributed by atoms with Crippen LogP contribution in [0.15, 0.2) is 42.7 Å². The van der Waals surface area contributed by atoms with Gasteiger partial charge in [0, 0.05) is 29.1 Å². The lowest BCUT2D eigenvalue weighted by Gasteiger charge is -2.20. The van der Waals surface area contributed by atoms with Gasteiger partial charge in [-0.05, 0) is 44.5 Å². The Kier molecular flexibility index (Phi) is 5.18. The number of pyridine rings is 1. The van der Waals surface area contributed by atoms with Gasteiger partial charge in [-0.15, -0.1) is 0 Å². The van der Waals surface area contributed by atoms with Crippen molar-refractivity contribution >= 4 is 17.5 Å². The van der Waals surface area contributed by atoms with Crippen LogP contribution in [0.2, 0.25) is 0 Å². The van der Waals surface area contributed by atoms with Crippen LogP contribution < -0.4 is 16.4 Å². The topological polar surface area (TPSA) is 97.1 Å². The molecule has 4 N–H and O–H groups in total. The van der Waals surface area contributed by atoms with E-state index in [0.717, 1.165) is 11.1 Å². The summed E-state index contributed by atoms with van der Waals surface area (Å²) in [4.78, 5) is 28.1. The Balaban J connectivity index is 2.06. The Morgan fingerprint density at radius 3 is 2.54 bits per heavy atom. The molecule has 0 spiro atoms. The van der Waals surface area contributed by atoms with Crippen LogP contribution in [0.5, 0.6) is 0 Å². The van der Waals surface area contributed by atoms with Crippen molar-refractivity contribution in [1.82, 2.24) is 15.6 Å². The smallest absolute Gasteiger partial charge is 0.251 e. The van der Waals surface area contributed by atoms with Crippen molar-refractivity contribution in [2.75, 3.05) is 12.3 Å². The highest BCUT2D eigenvalue weighted by molar-refractivity contribution is 5.97. The van der Waals surface area contributed by atoms with Gasteiger partial charge in [0.25, 0.3) is 5.91 Å². The normalized spacial score (nSPS) is 11.0. The molecule has 6 nitrogen and oxygen atoms in total. The molecular weight excluding hydrogens is 304 g/mol. The van der Waals surface area contributed by atoms with Gasteiger partial charge in [0.2, 0.25) is 5.91 Å². The Labute approximate surface area is 141 Å². The number of nitrogen functional groups attached to an aromatic ring is 1. The van der Waals surface area contributed by atoms with E-state index in [9.17, 15) is 9.59 Å². The summed E-state index contributed by atoms with van der Waals surface area (Å²) in [6.07, 6.45) is 3.25. The van der Waals surface area contributed by atoms with Crippen LogP contribution in [0, 0.1) is 0 Å². The molecule has 0 saturated carbocycles. The van der Waals surface area contributed by atoms with Crippen molar-refractivity contribution in [2.45, 2.75) is 26.3 Å². The number of carbonyl (C=O) groups excluding carboxylic acids is 2. The summed E-state index contributed by atoms with van der Waals surface area (Å²) in [7, 11) is 0. The molecule has 0 radical (unpaired) electrons. The van der Waals surface area contributed by atoms with Crippen LogP contribution in [-0.4, -0.2) is 28.9 Å². The summed E-state index contributed by atoms with van der Waals surface area (Å²) >= 11 is 0. The molecule has 0 aliphatic carbocycles. The average Bonchev–Trinajstić information content (AvgIpc) is 2.51. The summed E-state index contributed by atoms with van der Waals surface area (Å²) in [6, 6.07) is 8.89. The summed E-state index contributed by atoms with van der Waals surface area (Å²) in [6.45, 7) is 5.58. The number of nitrogens with two attached hydrogens (primary N) is 1. The first-order valence-corrected chi connectivity index (χ1v) is 7.65. The molecule has 1 heterocycles. The zero-order valence-electron chi connectivity index (χ0n) is 14.1. The Morgan fingerprint density at radius 2 is 1.88 bits per heavy atom. The van der Waals surface area contributed by atoms with E-state index in [-0.39, 0.29) is 23.9 Å². The van der Waals surface area contributed by atoms with E-state index in [1.807, 2.05) is 26.8 Å². The number of amides is 2. The second kappa shape index (κ2) is 7.12. The minimum atomic E-state index is -0.331. The van der Waals surface area contributed by atoms with E-state index < -0.39 is 0 Å². The van der Waals surface area contributed by atoms with Crippen molar-refractivity contribution in [3.8, 4) is 11.1 Å². The van der Waals surface area contributed by atoms with Crippen LogP contribution in [0.4, 0.5) is 5.69 Å². The first-order chi connectivity index (χ1) is 11.2. The second-order valence-electron chi connectivity index (χ2n) is 6.57. The lowest BCUT2D eigenvalue weighted by Crippen LogP contribution is -2.45. The van der Waals surface area contributed by atoms with Crippen molar-refractivity contribution in [3.63, 3.8) is 0 Å². The quantitative estimate of drug-likeness (QED) is 0.800. The summed E-state index contributed by atoms with van der Waals surface area (Å²) in [5.41, 5.74) is 8.10. The molecule has 2 amide bonds. The monoisotopic (exact) mass is 326 g/mol. The van der Waals surface area contributed by atoms with E-state index in [1.165, 1.54) is 0 Å². The number of rotatable bonds is 4. The Morgan fingerprint density at radius 1 is 1.12 bits per heavy atom. The SMILES string of the molecule is CC(C)(C)NC(=O)CNC(=O)c1cccc(-c2cncc(N)c2)c1. The summed E-state index contributed by atoms with van der Waals surface area (Å²) in [5.74, 6) is -0.537. The number of anilines is 1. The molecule has 0 fully saturated rings. The summed E-state index contributed by atoms with van der Waals surface area (Å²) < 4.78 is 0. The van der Waals surface area contributed by atoms with E-state index in [1.54, 1.807) is 36.7 Å². The third-order valence-corrected chi connectivity index (χ3v) is 3.14. The van der Waals surface area contributed by atoms with E-state index in [0.29, 0.717) is 11.3 Å². The zero-order chi connectivity index (χ0) is 17.7. The number of nitrogens with one attached hydrogen (secondary N) is 2. The van der Waals surface area contributed by atoms with Crippen LogP contribution in [0.3, 0.4) is 0 Å². The van der Waals surface area contributed by atoms with Gasteiger partial charge >= 0.3 is 0 Å². The van der Waals surface area contributed by atoms with Crippen molar-refractivity contribution < 1.29 is 9.59 Å². The lowest BCUT2D eigenvalue weighted by molar-refractivity contribution is -0.121. The van der Waals surface area contributed by atoms with E-state index in [2.05, 4.69) is 15.6 Å². The van der Waals surface area contributed by atoms with Gasteiger partial charge in [0.05, 0.1) is 12.2 Å². The van der Waals surface area contributed by atoms with Gasteiger partial charge < -0.3 is 16.4 Å². The fourth-order valence-electron chi connectivity index (χ4n) is 2.18. The number of hydrogen-bond acceptors (Lipinski definition) is 4. The third-order valence-electron chi connectivity index (χ3n) is 3.14. The van der Waals surface area contributed by atoms with Crippen LogP contribution in [0.1, 0.15) is 31.1 Å². The molecule has 0 aliphatic rings. The van der Waals surface area contributed by atoms with Crippen LogP contribution in [0.25, 0.3) is 11.1 Å². The lowest BCUT2D eigenvalue weighted by atomic mass is 10.0. The third kappa shape index (κ3) is 5.08. The molecule has 2 aromatic rings. The minimum absolute atomic E-state index is 0.0693. The number of nitrogens with zero attached hydrogens (tertiary/aromatic N) is 1. The molecule has 24 heavy (non-hydrogen) atoms. The highest BCUT2D eigenvalue weighted by Gasteiger charge is 2.15. The first-order valence-electron chi connectivity index (χ1n) is 7.65. The fourth-order valence-corrected chi connectivity index (χ4v) is 2.18. The molecule has 6 heteroatoms. The molecule has 0 atom stereocenters. The van der Waals surface area contributed by atoms with Gasteiger partial charge in [-0.25, -0.2) is 0 Å². The molecule has 1 aromatic carbocycles. The maximum atomic E-state index is 12.2. The van der Waals surface area contributed by atoms with Gasteiger partial charge in [-0.3, -0.25) is 14.6 Å². The number of hydrogen-bond donors (Lipinski definition) is 3. The molecule has 0 aliphatic heterocycles. The molecule has 2 rings (SSSR count). The largest absolute Gasteiger partial charge is 0.397 e. The van der Waals surface area contributed by atoms with Crippen LogP contribution in [-0.2, 0) is 4.79 Å². The van der Waals surface area contributed by atoms with Gasteiger partial charge in [0.1, 0.15) is 0 Å². The molecule has 0 saturated heterocycles. The first kappa shape index (κ1) is 17.5. The van der Waals surface area contributed by atoms with Gasteiger partial charge in [0.15, 0.2) is 0 Å².